The summed E-state index contributed by atoms with van der Waals surface area (Å²) in [5.41, 5.74) is 0. The zero-order valence-electron chi connectivity index (χ0n) is 11.1. The summed E-state index contributed by atoms with van der Waals surface area (Å²) in [7, 11) is -3.41. The van der Waals surface area contributed by atoms with E-state index in [1.807, 2.05) is 13.8 Å². The van der Waals surface area contributed by atoms with Crippen molar-refractivity contribution in [2.24, 2.45) is 0 Å². The number of hydrogen-bond acceptors (Lipinski definition) is 4. The van der Waals surface area contributed by atoms with Crippen molar-refractivity contribution in [2.45, 2.75) is 31.5 Å². The summed E-state index contributed by atoms with van der Waals surface area (Å²) in [6.07, 6.45) is -0.206. The Morgan fingerprint density at radius 1 is 1.16 bits per heavy atom. The maximum absolute atomic E-state index is 12.2. The van der Waals surface area contributed by atoms with E-state index in [4.69, 9.17) is 21.1 Å². The van der Waals surface area contributed by atoms with Gasteiger partial charge in [-0.05, 0) is 26.0 Å². The lowest BCUT2D eigenvalue weighted by Crippen LogP contribution is -2.21. The smallest absolute Gasteiger partial charge is 0.180 e. The Morgan fingerprint density at radius 3 is 2.26 bits per heavy atom. The molecule has 0 bridgehead atoms. The minimum atomic E-state index is -3.41. The number of halogens is 1. The molecule has 108 valence electrons. The first-order chi connectivity index (χ1) is 9.01. The molecule has 0 spiro atoms. The van der Waals surface area contributed by atoms with E-state index in [2.05, 4.69) is 0 Å². The molecule has 0 fully saturated rings. The van der Waals surface area contributed by atoms with Crippen LogP contribution in [0.1, 0.15) is 20.3 Å². The number of benzene rings is 1. The van der Waals surface area contributed by atoms with Crippen LogP contribution >= 0.6 is 11.6 Å². The van der Waals surface area contributed by atoms with Gasteiger partial charge in [0.1, 0.15) is 0 Å². The van der Waals surface area contributed by atoms with Crippen molar-refractivity contribution < 1.29 is 17.9 Å². The molecule has 0 radical (unpaired) electrons. The van der Waals surface area contributed by atoms with Gasteiger partial charge in [-0.2, -0.15) is 0 Å². The minimum absolute atomic E-state index is 0.0542. The van der Waals surface area contributed by atoms with Crippen molar-refractivity contribution in [2.75, 3.05) is 19.0 Å². The molecular formula is C13H19ClO4S. The van der Waals surface area contributed by atoms with Crippen molar-refractivity contribution in [3.63, 3.8) is 0 Å². The van der Waals surface area contributed by atoms with Gasteiger partial charge in [-0.3, -0.25) is 0 Å². The molecule has 0 aromatic heterocycles. The Morgan fingerprint density at radius 2 is 1.74 bits per heavy atom. The average Bonchev–Trinajstić information content (AvgIpc) is 2.37. The SMILES string of the molecule is CCOC(CCS(=O)(=O)c1ccccc1Cl)OCC. The second-order valence-corrected chi connectivity index (χ2v) is 6.36. The van der Waals surface area contributed by atoms with Gasteiger partial charge in [0.05, 0.1) is 15.7 Å². The summed E-state index contributed by atoms with van der Waals surface area (Å²) in [5, 5.41) is 0.242. The number of hydrogen-bond donors (Lipinski definition) is 0. The van der Waals surface area contributed by atoms with Crippen molar-refractivity contribution in [3.05, 3.63) is 29.3 Å². The zero-order valence-corrected chi connectivity index (χ0v) is 12.7. The maximum atomic E-state index is 12.2. The highest BCUT2D eigenvalue weighted by Crippen LogP contribution is 2.22. The Bertz CT molecular complexity index is 481. The average molecular weight is 307 g/mol. The van der Waals surface area contributed by atoms with Gasteiger partial charge < -0.3 is 9.47 Å². The fraction of sp³-hybridized carbons (Fsp3) is 0.538. The first-order valence-corrected chi connectivity index (χ1v) is 8.24. The van der Waals surface area contributed by atoms with Gasteiger partial charge in [0.2, 0.25) is 0 Å². The highest BCUT2D eigenvalue weighted by atomic mass is 35.5. The summed E-state index contributed by atoms with van der Waals surface area (Å²) >= 11 is 5.90. The van der Waals surface area contributed by atoms with Crippen LogP contribution in [0.3, 0.4) is 0 Å². The van der Waals surface area contributed by atoms with E-state index in [1.165, 1.54) is 6.07 Å². The standard InChI is InChI=1S/C13H19ClO4S/c1-3-17-13(18-4-2)9-10-19(15,16)12-8-6-5-7-11(12)14/h5-8,13H,3-4,9-10H2,1-2H3. The van der Waals surface area contributed by atoms with Crippen molar-refractivity contribution in [3.8, 4) is 0 Å². The first-order valence-electron chi connectivity index (χ1n) is 6.21. The lowest BCUT2D eigenvalue weighted by atomic mass is 10.4. The van der Waals surface area contributed by atoms with Gasteiger partial charge in [-0.1, -0.05) is 23.7 Å². The number of ether oxygens (including phenoxy) is 2. The molecule has 1 aromatic rings. The fourth-order valence-corrected chi connectivity index (χ4v) is 3.51. The second-order valence-electron chi connectivity index (χ2n) is 3.88. The van der Waals surface area contributed by atoms with E-state index < -0.39 is 16.1 Å². The van der Waals surface area contributed by atoms with Crippen LogP contribution in [0.2, 0.25) is 5.02 Å². The van der Waals surface area contributed by atoms with Crippen LogP contribution in [0, 0.1) is 0 Å². The van der Waals surface area contributed by atoms with Crippen molar-refractivity contribution in [1.29, 1.82) is 0 Å². The lowest BCUT2D eigenvalue weighted by Gasteiger charge is -2.16. The van der Waals surface area contributed by atoms with E-state index in [0.29, 0.717) is 13.2 Å². The van der Waals surface area contributed by atoms with Crippen molar-refractivity contribution >= 4 is 21.4 Å². The topological polar surface area (TPSA) is 52.6 Å². The molecule has 0 atom stereocenters. The monoisotopic (exact) mass is 306 g/mol. The van der Waals surface area contributed by atoms with Crippen LogP contribution in [0.15, 0.2) is 29.2 Å². The Hall–Kier alpha value is -0.620. The van der Waals surface area contributed by atoms with E-state index in [1.54, 1.807) is 18.2 Å². The third kappa shape index (κ3) is 5.10. The molecule has 0 N–H and O–H groups in total. The molecule has 6 heteroatoms. The normalized spacial score (nSPS) is 12.0. The first kappa shape index (κ1) is 16.4. The molecule has 0 aliphatic rings. The van der Waals surface area contributed by atoms with E-state index in [-0.39, 0.29) is 22.1 Å². The van der Waals surface area contributed by atoms with Crippen molar-refractivity contribution in [1.82, 2.24) is 0 Å². The molecule has 19 heavy (non-hydrogen) atoms. The van der Waals surface area contributed by atoms with Gasteiger partial charge in [-0.25, -0.2) is 8.42 Å². The largest absolute Gasteiger partial charge is 0.353 e. The Labute approximate surface area is 119 Å². The second kappa shape index (κ2) is 7.85. The van der Waals surface area contributed by atoms with E-state index in [0.717, 1.165) is 0 Å². The fourth-order valence-electron chi connectivity index (χ4n) is 1.64. The van der Waals surface area contributed by atoms with Crippen LogP contribution < -0.4 is 0 Å². The number of rotatable bonds is 8. The Balaban J connectivity index is 2.72. The molecular weight excluding hydrogens is 288 g/mol. The lowest BCUT2D eigenvalue weighted by molar-refractivity contribution is -0.136. The quantitative estimate of drug-likeness (QED) is 0.693. The highest BCUT2D eigenvalue weighted by Gasteiger charge is 2.20. The van der Waals surface area contributed by atoms with Crippen LogP contribution in [-0.2, 0) is 19.3 Å². The van der Waals surface area contributed by atoms with Crippen LogP contribution in [-0.4, -0.2) is 33.7 Å². The van der Waals surface area contributed by atoms with Gasteiger partial charge in [0, 0.05) is 19.6 Å². The van der Waals surface area contributed by atoms with Gasteiger partial charge in [0.15, 0.2) is 16.1 Å². The third-order valence-corrected chi connectivity index (χ3v) is 4.74. The molecule has 1 aromatic carbocycles. The molecule has 0 heterocycles. The Kier molecular flexibility index (Phi) is 6.79. The molecule has 0 aliphatic heterocycles. The molecule has 0 unspecified atom stereocenters. The predicted octanol–water partition coefficient (Wildman–Crippen LogP) is 2.90. The molecule has 4 nitrogen and oxygen atoms in total. The van der Waals surface area contributed by atoms with Crippen LogP contribution in [0.5, 0.6) is 0 Å². The summed E-state index contributed by atoms with van der Waals surface area (Å²) < 4.78 is 35.0. The zero-order chi connectivity index (χ0) is 14.3. The van der Waals surface area contributed by atoms with Crippen LogP contribution in [0.4, 0.5) is 0 Å². The van der Waals surface area contributed by atoms with Gasteiger partial charge in [-0.15, -0.1) is 0 Å². The maximum Gasteiger partial charge on any atom is 0.180 e. The minimum Gasteiger partial charge on any atom is -0.353 e. The van der Waals surface area contributed by atoms with Crippen LogP contribution in [0.25, 0.3) is 0 Å². The highest BCUT2D eigenvalue weighted by molar-refractivity contribution is 7.91. The summed E-state index contributed by atoms with van der Waals surface area (Å²) in [6.45, 7) is 4.65. The summed E-state index contributed by atoms with van der Waals surface area (Å²) in [5.74, 6) is -0.0542. The molecule has 1 rings (SSSR count). The molecule has 0 saturated heterocycles. The molecule has 0 amide bonds. The van der Waals surface area contributed by atoms with E-state index >= 15 is 0 Å². The van der Waals surface area contributed by atoms with Gasteiger partial charge in [0.25, 0.3) is 0 Å². The van der Waals surface area contributed by atoms with E-state index in [9.17, 15) is 8.42 Å². The molecule has 0 aliphatic carbocycles. The summed E-state index contributed by atoms with van der Waals surface area (Å²) in [4.78, 5) is 0.156. The molecule has 0 saturated carbocycles. The van der Waals surface area contributed by atoms with Gasteiger partial charge >= 0.3 is 0 Å². The third-order valence-electron chi connectivity index (χ3n) is 2.50. The predicted molar refractivity (Wildman–Crippen MR) is 75.2 cm³/mol. The summed E-state index contributed by atoms with van der Waals surface area (Å²) in [6, 6.07) is 6.43. The number of sulfone groups is 1.